The summed E-state index contributed by atoms with van der Waals surface area (Å²) >= 11 is 0. The predicted octanol–water partition coefficient (Wildman–Crippen LogP) is 8.65. The lowest BCUT2D eigenvalue weighted by Crippen LogP contribution is -2.14. The zero-order chi connectivity index (χ0) is 22.3. The highest BCUT2D eigenvalue weighted by molar-refractivity contribution is 7.80. The van der Waals surface area contributed by atoms with E-state index in [0.29, 0.717) is 0 Å². The molecular formula is C25H52O4S. The summed E-state index contributed by atoms with van der Waals surface area (Å²) in [7, 11) is -4.32. The Hall–Kier alpha value is -0.130. The van der Waals surface area contributed by atoms with E-state index in [1.807, 2.05) is 0 Å². The summed E-state index contributed by atoms with van der Waals surface area (Å²) in [6, 6.07) is 0. The highest BCUT2D eigenvalue weighted by Crippen LogP contribution is 2.20. The van der Waals surface area contributed by atoms with E-state index in [0.717, 1.165) is 25.7 Å². The fourth-order valence-electron chi connectivity index (χ4n) is 4.16. The lowest BCUT2D eigenvalue weighted by atomic mass is 9.94. The van der Waals surface area contributed by atoms with E-state index in [4.69, 9.17) is 8.74 Å². The van der Waals surface area contributed by atoms with Gasteiger partial charge in [0.1, 0.15) is 0 Å². The van der Waals surface area contributed by atoms with Gasteiger partial charge >= 0.3 is 10.4 Å². The van der Waals surface area contributed by atoms with Crippen LogP contribution < -0.4 is 0 Å². The van der Waals surface area contributed by atoms with Gasteiger partial charge in [-0.1, -0.05) is 136 Å². The van der Waals surface area contributed by atoms with Crippen LogP contribution in [0.1, 0.15) is 149 Å². The Bertz CT molecular complexity index is 436. The summed E-state index contributed by atoms with van der Waals surface area (Å²) in [4.78, 5) is 0. The molecule has 0 aromatic heterocycles. The zero-order valence-corrected chi connectivity index (χ0v) is 21.0. The standard InChI is InChI=1S/C25H52O4S/c1-3-5-7-9-11-13-14-15-17-19-21-23-25(24-29-30(26,27)28)22-20-18-16-12-10-8-6-4-2/h25H,3-24H2,1-2H3,(H,26,27,28). The van der Waals surface area contributed by atoms with Crippen molar-refractivity contribution in [2.75, 3.05) is 6.61 Å². The molecule has 0 amide bonds. The molecule has 0 fully saturated rings. The summed E-state index contributed by atoms with van der Waals surface area (Å²) in [6.45, 7) is 4.63. The van der Waals surface area contributed by atoms with Gasteiger partial charge in [-0.05, 0) is 18.8 Å². The molecule has 0 rings (SSSR count). The van der Waals surface area contributed by atoms with Crippen molar-refractivity contribution in [2.24, 2.45) is 5.92 Å². The average Bonchev–Trinajstić information content (AvgIpc) is 2.70. The van der Waals surface area contributed by atoms with Crippen molar-refractivity contribution in [2.45, 2.75) is 149 Å². The van der Waals surface area contributed by atoms with Gasteiger partial charge in [0.25, 0.3) is 0 Å². The van der Waals surface area contributed by atoms with Gasteiger partial charge in [-0.25, -0.2) is 4.18 Å². The Labute approximate surface area is 188 Å². The van der Waals surface area contributed by atoms with Gasteiger partial charge in [-0.2, -0.15) is 8.42 Å². The van der Waals surface area contributed by atoms with Gasteiger partial charge < -0.3 is 0 Å². The molecule has 5 heteroatoms. The first-order valence-corrected chi connectivity index (χ1v) is 14.5. The smallest absolute Gasteiger partial charge is 0.264 e. The van der Waals surface area contributed by atoms with Gasteiger partial charge in [-0.3, -0.25) is 4.55 Å². The molecule has 182 valence electrons. The fourth-order valence-corrected chi connectivity index (χ4v) is 4.52. The van der Waals surface area contributed by atoms with E-state index in [-0.39, 0.29) is 12.5 Å². The second-order valence-corrected chi connectivity index (χ2v) is 10.3. The molecule has 0 aliphatic heterocycles. The molecule has 0 aromatic carbocycles. The van der Waals surface area contributed by atoms with Crippen molar-refractivity contribution in [3.05, 3.63) is 0 Å². The van der Waals surface area contributed by atoms with E-state index in [9.17, 15) is 8.42 Å². The first kappa shape index (κ1) is 29.9. The molecule has 0 aliphatic rings. The monoisotopic (exact) mass is 448 g/mol. The lowest BCUT2D eigenvalue weighted by molar-refractivity contribution is 0.204. The third-order valence-electron chi connectivity index (χ3n) is 6.13. The number of hydrogen-bond donors (Lipinski definition) is 1. The van der Waals surface area contributed by atoms with E-state index in [1.54, 1.807) is 0 Å². The molecule has 1 N–H and O–H groups in total. The van der Waals surface area contributed by atoms with Crippen LogP contribution in [-0.2, 0) is 14.6 Å². The highest BCUT2D eigenvalue weighted by Gasteiger charge is 2.13. The zero-order valence-electron chi connectivity index (χ0n) is 20.2. The highest BCUT2D eigenvalue weighted by atomic mass is 32.3. The molecule has 30 heavy (non-hydrogen) atoms. The Balaban J connectivity index is 3.78. The Morgan fingerprint density at radius 2 is 0.867 bits per heavy atom. The molecule has 0 saturated heterocycles. The molecule has 1 unspecified atom stereocenters. The van der Waals surface area contributed by atoms with Crippen LogP contribution in [0.2, 0.25) is 0 Å². The maximum atomic E-state index is 10.9. The lowest BCUT2D eigenvalue weighted by Gasteiger charge is -2.16. The topological polar surface area (TPSA) is 63.6 Å². The summed E-state index contributed by atoms with van der Waals surface area (Å²) in [6.07, 6.45) is 26.8. The van der Waals surface area contributed by atoms with Crippen LogP contribution in [0.25, 0.3) is 0 Å². The molecule has 0 heterocycles. The Morgan fingerprint density at radius 1 is 0.567 bits per heavy atom. The van der Waals surface area contributed by atoms with Gasteiger partial charge in [0.15, 0.2) is 0 Å². The number of hydrogen-bond acceptors (Lipinski definition) is 3. The van der Waals surface area contributed by atoms with Gasteiger partial charge in [0, 0.05) is 0 Å². The minimum absolute atomic E-state index is 0.132. The molecule has 0 bridgehead atoms. The van der Waals surface area contributed by atoms with Crippen molar-refractivity contribution < 1.29 is 17.2 Å². The van der Waals surface area contributed by atoms with Crippen LogP contribution in [0.15, 0.2) is 0 Å². The first-order valence-electron chi connectivity index (χ1n) is 13.1. The normalized spacial score (nSPS) is 13.0. The largest absolute Gasteiger partial charge is 0.397 e. The average molecular weight is 449 g/mol. The van der Waals surface area contributed by atoms with Crippen molar-refractivity contribution in [3.8, 4) is 0 Å². The minimum Gasteiger partial charge on any atom is -0.264 e. The van der Waals surface area contributed by atoms with Crippen molar-refractivity contribution in [3.63, 3.8) is 0 Å². The molecule has 1 atom stereocenters. The second kappa shape index (κ2) is 22.1. The van der Waals surface area contributed by atoms with Crippen molar-refractivity contribution in [1.82, 2.24) is 0 Å². The van der Waals surface area contributed by atoms with E-state index in [1.165, 1.54) is 109 Å². The fraction of sp³-hybridized carbons (Fsp3) is 1.00. The third kappa shape index (κ3) is 24.1. The van der Waals surface area contributed by atoms with Gasteiger partial charge in [0.2, 0.25) is 0 Å². The molecule has 0 radical (unpaired) electrons. The second-order valence-electron chi connectivity index (χ2n) is 9.17. The van der Waals surface area contributed by atoms with Gasteiger partial charge in [-0.15, -0.1) is 0 Å². The predicted molar refractivity (Wildman–Crippen MR) is 129 cm³/mol. The first-order chi connectivity index (χ1) is 14.5. The van der Waals surface area contributed by atoms with Gasteiger partial charge in [0.05, 0.1) is 6.61 Å². The van der Waals surface area contributed by atoms with Crippen LogP contribution in [0.3, 0.4) is 0 Å². The maximum Gasteiger partial charge on any atom is 0.397 e. The number of rotatable bonds is 24. The van der Waals surface area contributed by atoms with E-state index < -0.39 is 10.4 Å². The minimum atomic E-state index is -4.32. The number of unbranched alkanes of at least 4 members (excludes halogenated alkanes) is 17. The van der Waals surface area contributed by atoms with E-state index >= 15 is 0 Å². The molecular weight excluding hydrogens is 396 g/mol. The maximum absolute atomic E-state index is 10.9. The van der Waals surface area contributed by atoms with Crippen LogP contribution in [0, 0.1) is 5.92 Å². The van der Waals surface area contributed by atoms with Crippen LogP contribution >= 0.6 is 0 Å². The summed E-state index contributed by atoms with van der Waals surface area (Å²) in [5, 5.41) is 0. The van der Waals surface area contributed by atoms with Crippen molar-refractivity contribution >= 4 is 10.4 Å². The summed E-state index contributed by atoms with van der Waals surface area (Å²) < 4.78 is 35.4. The van der Waals surface area contributed by atoms with Crippen LogP contribution in [0.4, 0.5) is 0 Å². The van der Waals surface area contributed by atoms with Crippen LogP contribution in [0.5, 0.6) is 0 Å². The quantitative estimate of drug-likeness (QED) is 0.118. The summed E-state index contributed by atoms with van der Waals surface area (Å²) in [5.41, 5.74) is 0. The SMILES string of the molecule is CCCCCCCCCCCCCC(CCCCCCCCCC)COS(=O)(=O)O. The Kier molecular flexibility index (Phi) is 22.0. The summed E-state index contributed by atoms with van der Waals surface area (Å²) in [5.74, 6) is 0.241. The Morgan fingerprint density at radius 3 is 1.17 bits per heavy atom. The van der Waals surface area contributed by atoms with E-state index in [2.05, 4.69) is 13.8 Å². The molecule has 0 aliphatic carbocycles. The van der Waals surface area contributed by atoms with Crippen LogP contribution in [-0.4, -0.2) is 19.6 Å². The third-order valence-corrected chi connectivity index (χ3v) is 6.57. The molecule has 0 aromatic rings. The molecule has 0 saturated carbocycles. The van der Waals surface area contributed by atoms with Crippen molar-refractivity contribution in [1.29, 1.82) is 0 Å². The molecule has 4 nitrogen and oxygen atoms in total. The molecule has 0 spiro atoms.